The van der Waals surface area contributed by atoms with Gasteiger partial charge in [-0.1, -0.05) is 13.8 Å². The fraction of sp³-hybridized carbons (Fsp3) is 0.727. The standard InChI is InChI=1S/C11H18N2O/c1-10(2)6-11(8-14-9-11)7-13-5-3-4-12-13/h3-5,10H,6-9H2,1-2H3. The van der Waals surface area contributed by atoms with Gasteiger partial charge in [-0.2, -0.15) is 5.10 Å². The minimum Gasteiger partial charge on any atom is -0.380 e. The Morgan fingerprint density at radius 3 is 2.71 bits per heavy atom. The molecule has 1 aliphatic heterocycles. The van der Waals surface area contributed by atoms with E-state index in [-0.39, 0.29) is 0 Å². The summed E-state index contributed by atoms with van der Waals surface area (Å²) in [5.74, 6) is 0.731. The van der Waals surface area contributed by atoms with Crippen molar-refractivity contribution in [1.29, 1.82) is 0 Å². The lowest BCUT2D eigenvalue weighted by atomic mass is 9.78. The Bertz CT molecular complexity index is 275. The van der Waals surface area contributed by atoms with Crippen LogP contribution in [0.1, 0.15) is 20.3 Å². The van der Waals surface area contributed by atoms with E-state index in [0.29, 0.717) is 5.41 Å². The number of hydrogen-bond acceptors (Lipinski definition) is 2. The van der Waals surface area contributed by atoms with Crippen LogP contribution in [-0.4, -0.2) is 23.0 Å². The van der Waals surface area contributed by atoms with Crippen molar-refractivity contribution in [3.8, 4) is 0 Å². The highest BCUT2D eigenvalue weighted by molar-refractivity contribution is 4.88. The van der Waals surface area contributed by atoms with Crippen molar-refractivity contribution >= 4 is 0 Å². The van der Waals surface area contributed by atoms with Crippen molar-refractivity contribution in [2.45, 2.75) is 26.8 Å². The van der Waals surface area contributed by atoms with Crippen LogP contribution in [0.3, 0.4) is 0 Å². The molecule has 0 radical (unpaired) electrons. The van der Waals surface area contributed by atoms with Crippen LogP contribution in [-0.2, 0) is 11.3 Å². The summed E-state index contributed by atoms with van der Waals surface area (Å²) >= 11 is 0. The number of ether oxygens (including phenoxy) is 1. The van der Waals surface area contributed by atoms with Gasteiger partial charge in [-0.15, -0.1) is 0 Å². The SMILES string of the molecule is CC(C)CC1(Cn2cccn2)COC1. The molecular formula is C11H18N2O. The predicted molar refractivity (Wildman–Crippen MR) is 54.9 cm³/mol. The van der Waals surface area contributed by atoms with E-state index in [2.05, 4.69) is 18.9 Å². The van der Waals surface area contributed by atoms with Crippen LogP contribution < -0.4 is 0 Å². The molecule has 0 N–H and O–H groups in total. The van der Waals surface area contributed by atoms with E-state index in [4.69, 9.17) is 4.74 Å². The summed E-state index contributed by atoms with van der Waals surface area (Å²) in [6, 6.07) is 1.97. The van der Waals surface area contributed by atoms with Gasteiger partial charge in [-0.3, -0.25) is 4.68 Å². The Morgan fingerprint density at radius 1 is 1.50 bits per heavy atom. The maximum absolute atomic E-state index is 5.35. The van der Waals surface area contributed by atoms with Gasteiger partial charge in [0, 0.05) is 17.8 Å². The Kier molecular flexibility index (Phi) is 2.59. The first-order chi connectivity index (χ1) is 6.70. The number of nitrogens with zero attached hydrogens (tertiary/aromatic N) is 2. The first kappa shape index (κ1) is 9.71. The number of aromatic nitrogens is 2. The van der Waals surface area contributed by atoms with Gasteiger partial charge in [-0.05, 0) is 18.4 Å². The molecule has 0 atom stereocenters. The van der Waals surface area contributed by atoms with Crippen molar-refractivity contribution < 1.29 is 4.74 Å². The molecule has 0 amide bonds. The summed E-state index contributed by atoms with van der Waals surface area (Å²) in [6.45, 7) is 7.32. The molecule has 1 aliphatic rings. The zero-order chi connectivity index (χ0) is 10.0. The summed E-state index contributed by atoms with van der Waals surface area (Å²) in [5.41, 5.74) is 0.347. The second-order valence-electron chi connectivity index (χ2n) is 4.79. The van der Waals surface area contributed by atoms with Gasteiger partial charge in [0.15, 0.2) is 0 Å². The second-order valence-corrected chi connectivity index (χ2v) is 4.79. The van der Waals surface area contributed by atoms with Crippen molar-refractivity contribution in [2.24, 2.45) is 11.3 Å². The third kappa shape index (κ3) is 1.98. The molecule has 1 fully saturated rings. The van der Waals surface area contributed by atoms with E-state index in [1.165, 1.54) is 6.42 Å². The van der Waals surface area contributed by atoms with Crippen LogP contribution in [0.2, 0.25) is 0 Å². The van der Waals surface area contributed by atoms with Crippen molar-refractivity contribution in [2.75, 3.05) is 13.2 Å². The van der Waals surface area contributed by atoms with Crippen molar-refractivity contribution in [3.05, 3.63) is 18.5 Å². The fourth-order valence-corrected chi connectivity index (χ4v) is 2.27. The molecule has 2 heterocycles. The van der Waals surface area contributed by atoms with Gasteiger partial charge in [0.1, 0.15) is 0 Å². The smallest absolute Gasteiger partial charge is 0.0562 e. The zero-order valence-corrected chi connectivity index (χ0v) is 8.94. The highest BCUT2D eigenvalue weighted by Crippen LogP contribution is 2.35. The van der Waals surface area contributed by atoms with E-state index in [0.717, 1.165) is 25.7 Å². The summed E-state index contributed by atoms with van der Waals surface area (Å²) in [6.07, 6.45) is 5.09. The molecular weight excluding hydrogens is 176 g/mol. The predicted octanol–water partition coefficient (Wildman–Crippen LogP) is 1.95. The highest BCUT2D eigenvalue weighted by atomic mass is 16.5. The fourth-order valence-electron chi connectivity index (χ4n) is 2.27. The van der Waals surface area contributed by atoms with Crippen LogP contribution in [0.15, 0.2) is 18.5 Å². The molecule has 14 heavy (non-hydrogen) atoms. The summed E-state index contributed by atoms with van der Waals surface area (Å²) in [7, 11) is 0. The molecule has 3 heteroatoms. The van der Waals surface area contributed by atoms with E-state index in [9.17, 15) is 0 Å². The van der Waals surface area contributed by atoms with Gasteiger partial charge < -0.3 is 4.74 Å². The molecule has 78 valence electrons. The topological polar surface area (TPSA) is 27.1 Å². The number of rotatable bonds is 4. The van der Waals surface area contributed by atoms with Crippen LogP contribution in [0, 0.1) is 11.3 Å². The molecule has 0 saturated carbocycles. The van der Waals surface area contributed by atoms with E-state index in [1.807, 2.05) is 23.1 Å². The Hall–Kier alpha value is -0.830. The van der Waals surface area contributed by atoms with Crippen LogP contribution in [0.4, 0.5) is 0 Å². The first-order valence-electron chi connectivity index (χ1n) is 5.25. The molecule has 1 saturated heterocycles. The minimum absolute atomic E-state index is 0.347. The van der Waals surface area contributed by atoms with Crippen LogP contribution in [0.5, 0.6) is 0 Å². The molecule has 3 nitrogen and oxygen atoms in total. The second kappa shape index (κ2) is 3.73. The van der Waals surface area contributed by atoms with Crippen molar-refractivity contribution in [3.63, 3.8) is 0 Å². The third-order valence-electron chi connectivity index (χ3n) is 2.71. The average molecular weight is 194 g/mol. The summed E-state index contributed by atoms with van der Waals surface area (Å²) in [5, 5.41) is 4.25. The highest BCUT2D eigenvalue weighted by Gasteiger charge is 2.39. The van der Waals surface area contributed by atoms with Crippen molar-refractivity contribution in [1.82, 2.24) is 9.78 Å². The molecule has 1 aromatic heterocycles. The Labute approximate surface area is 85.1 Å². The van der Waals surface area contributed by atoms with Crippen LogP contribution >= 0.6 is 0 Å². The number of hydrogen-bond donors (Lipinski definition) is 0. The Morgan fingerprint density at radius 2 is 2.29 bits per heavy atom. The monoisotopic (exact) mass is 194 g/mol. The normalized spacial score (nSPS) is 19.6. The quantitative estimate of drug-likeness (QED) is 0.732. The third-order valence-corrected chi connectivity index (χ3v) is 2.71. The van der Waals surface area contributed by atoms with E-state index in [1.54, 1.807) is 0 Å². The van der Waals surface area contributed by atoms with Crippen LogP contribution in [0.25, 0.3) is 0 Å². The Balaban J connectivity index is 1.99. The lowest BCUT2D eigenvalue weighted by Gasteiger charge is -2.42. The van der Waals surface area contributed by atoms with Gasteiger partial charge in [0.05, 0.1) is 19.8 Å². The maximum Gasteiger partial charge on any atom is 0.0562 e. The molecule has 0 aromatic carbocycles. The molecule has 0 spiro atoms. The zero-order valence-electron chi connectivity index (χ0n) is 8.94. The lowest BCUT2D eigenvalue weighted by Crippen LogP contribution is -2.46. The molecule has 2 rings (SSSR count). The lowest BCUT2D eigenvalue weighted by molar-refractivity contribution is -0.133. The van der Waals surface area contributed by atoms with Gasteiger partial charge in [0.25, 0.3) is 0 Å². The average Bonchev–Trinajstić information content (AvgIpc) is 2.51. The molecule has 0 unspecified atom stereocenters. The van der Waals surface area contributed by atoms with Gasteiger partial charge in [0.2, 0.25) is 0 Å². The molecule has 0 aliphatic carbocycles. The largest absolute Gasteiger partial charge is 0.380 e. The van der Waals surface area contributed by atoms with E-state index >= 15 is 0 Å². The molecule has 0 bridgehead atoms. The summed E-state index contributed by atoms with van der Waals surface area (Å²) in [4.78, 5) is 0. The summed E-state index contributed by atoms with van der Waals surface area (Å²) < 4.78 is 7.37. The van der Waals surface area contributed by atoms with E-state index < -0.39 is 0 Å². The first-order valence-corrected chi connectivity index (χ1v) is 5.25. The van der Waals surface area contributed by atoms with Gasteiger partial charge in [-0.25, -0.2) is 0 Å². The van der Waals surface area contributed by atoms with Gasteiger partial charge >= 0.3 is 0 Å². The minimum atomic E-state index is 0.347. The molecule has 1 aromatic rings. The maximum atomic E-state index is 5.35.